The summed E-state index contributed by atoms with van der Waals surface area (Å²) in [4.78, 5) is 10.5. The molecule has 1 aliphatic rings. The van der Waals surface area contributed by atoms with E-state index in [1.807, 2.05) is 0 Å². The van der Waals surface area contributed by atoms with E-state index < -0.39 is 20.2 Å². The fourth-order valence-corrected chi connectivity index (χ4v) is 6.45. The van der Waals surface area contributed by atoms with Crippen molar-refractivity contribution in [2.24, 2.45) is 5.73 Å². The number of carbonyl (C=O) groups excluding carboxylic acids is 1. The Morgan fingerprint density at radius 2 is 2.75 bits per heavy atom. The monoisotopic (exact) mass is 241 g/mol. The van der Waals surface area contributed by atoms with Crippen molar-refractivity contribution in [1.82, 2.24) is 0 Å². The third kappa shape index (κ3) is 1.53. The van der Waals surface area contributed by atoms with Crippen LogP contribution in [0.5, 0.6) is 0 Å². The second kappa shape index (κ2) is 2.93. The van der Waals surface area contributed by atoms with Crippen molar-refractivity contribution in [3.05, 3.63) is 0 Å². The molecule has 0 bridgehead atoms. The SMILES string of the molecule is NC1C[S][SnH2][O]C1=O. The van der Waals surface area contributed by atoms with Gasteiger partial charge in [0, 0.05) is 0 Å². The molecule has 0 aromatic heterocycles. The van der Waals surface area contributed by atoms with Crippen LogP contribution in [0.1, 0.15) is 0 Å². The zero-order valence-corrected chi connectivity index (χ0v) is 9.15. The van der Waals surface area contributed by atoms with Gasteiger partial charge in [0.25, 0.3) is 0 Å². The second-order valence-electron chi connectivity index (χ2n) is 1.56. The van der Waals surface area contributed by atoms with Gasteiger partial charge in [-0.2, -0.15) is 0 Å². The van der Waals surface area contributed by atoms with Crippen molar-refractivity contribution < 1.29 is 7.87 Å². The molecule has 2 N–H and O–H groups in total. The Morgan fingerprint density at radius 3 is 3.12 bits per heavy atom. The van der Waals surface area contributed by atoms with Crippen LogP contribution in [0, 0.1) is 0 Å². The fraction of sp³-hybridized carbons (Fsp3) is 0.667. The molecule has 0 radical (unpaired) electrons. The Labute approximate surface area is 60.5 Å². The normalized spacial score (nSPS) is 32.6. The molecule has 3 nitrogen and oxygen atoms in total. The van der Waals surface area contributed by atoms with Crippen LogP contribution in [-0.2, 0) is 7.87 Å². The molecular formula is C3H7NO2SSn. The van der Waals surface area contributed by atoms with E-state index in [4.69, 9.17) is 8.81 Å². The average Bonchev–Trinajstić information content (AvgIpc) is 1.77. The summed E-state index contributed by atoms with van der Waals surface area (Å²) in [6, 6.07) is -0.342. The predicted molar refractivity (Wildman–Crippen MR) is 35.1 cm³/mol. The quantitative estimate of drug-likeness (QED) is 0.529. The van der Waals surface area contributed by atoms with Gasteiger partial charge in [-0.25, -0.2) is 0 Å². The van der Waals surface area contributed by atoms with E-state index in [1.54, 1.807) is 8.95 Å². The first kappa shape index (κ1) is 6.70. The summed E-state index contributed by atoms with van der Waals surface area (Å²) in [5.41, 5.74) is 5.32. The summed E-state index contributed by atoms with van der Waals surface area (Å²) >= 11 is -1.12. The maximum atomic E-state index is 10.5. The number of carbonyl (C=O) groups is 1. The molecule has 5 heteroatoms. The van der Waals surface area contributed by atoms with Crippen LogP contribution >= 0.6 is 8.95 Å². The molecule has 0 aromatic rings. The van der Waals surface area contributed by atoms with Crippen molar-refractivity contribution in [2.75, 3.05) is 5.75 Å². The number of hydrogen-bond donors (Lipinski definition) is 1. The van der Waals surface area contributed by atoms with E-state index in [-0.39, 0.29) is 12.0 Å². The van der Waals surface area contributed by atoms with Gasteiger partial charge in [-0.05, 0) is 0 Å². The van der Waals surface area contributed by atoms with E-state index in [2.05, 4.69) is 0 Å². The third-order valence-corrected chi connectivity index (χ3v) is 7.03. The van der Waals surface area contributed by atoms with Gasteiger partial charge < -0.3 is 0 Å². The molecule has 1 rings (SSSR count). The maximum absolute atomic E-state index is 10.5. The Bertz CT molecular complexity index is 109. The summed E-state index contributed by atoms with van der Waals surface area (Å²) < 4.78 is 4.80. The van der Waals surface area contributed by atoms with Crippen LogP contribution < -0.4 is 5.73 Å². The molecule has 1 unspecified atom stereocenters. The zero-order valence-electron chi connectivity index (χ0n) is 4.29. The van der Waals surface area contributed by atoms with Crippen LogP contribution in [0.2, 0.25) is 0 Å². The molecule has 8 heavy (non-hydrogen) atoms. The first-order valence-corrected chi connectivity index (χ1v) is 10.1. The van der Waals surface area contributed by atoms with Gasteiger partial charge in [0.15, 0.2) is 0 Å². The molecule has 1 fully saturated rings. The van der Waals surface area contributed by atoms with Crippen LogP contribution in [0.4, 0.5) is 0 Å². The van der Waals surface area contributed by atoms with Gasteiger partial charge in [-0.15, -0.1) is 0 Å². The van der Waals surface area contributed by atoms with Crippen LogP contribution in [-0.4, -0.2) is 37.9 Å². The minimum absolute atomic E-state index is 0.181. The molecule has 1 saturated heterocycles. The van der Waals surface area contributed by atoms with Crippen LogP contribution in [0.25, 0.3) is 0 Å². The fourth-order valence-electron chi connectivity index (χ4n) is 0.450. The van der Waals surface area contributed by atoms with Crippen LogP contribution in [0.3, 0.4) is 0 Å². The van der Waals surface area contributed by atoms with Gasteiger partial charge in [-0.1, -0.05) is 0 Å². The Morgan fingerprint density at radius 1 is 2.00 bits per heavy atom. The van der Waals surface area contributed by atoms with Gasteiger partial charge in [0.1, 0.15) is 0 Å². The van der Waals surface area contributed by atoms with E-state index >= 15 is 0 Å². The summed E-state index contributed by atoms with van der Waals surface area (Å²) in [5.74, 6) is 0.606. The molecule has 46 valence electrons. The Hall–Kier alpha value is 0.579. The van der Waals surface area contributed by atoms with E-state index in [1.165, 1.54) is 0 Å². The molecule has 0 amide bonds. The topological polar surface area (TPSA) is 52.3 Å². The van der Waals surface area contributed by atoms with Gasteiger partial charge in [0.05, 0.1) is 0 Å². The second-order valence-corrected chi connectivity index (χ2v) is 8.87. The Balaban J connectivity index is 2.39. The first-order chi connectivity index (χ1) is 3.80. The van der Waals surface area contributed by atoms with Gasteiger partial charge in [0.2, 0.25) is 0 Å². The van der Waals surface area contributed by atoms with E-state index in [0.717, 1.165) is 5.75 Å². The standard InChI is InChI=1S/C3H7NO2S.Sn.2H/c4-2(1-7)3(5)6;;;/h2,7H,1,4H2,(H,5,6);;;/q;+2;;/p-2. The molecule has 1 aliphatic heterocycles. The van der Waals surface area contributed by atoms with Gasteiger partial charge in [-0.3, -0.25) is 0 Å². The number of nitrogens with two attached hydrogens (primary N) is 1. The molecule has 0 spiro atoms. The van der Waals surface area contributed by atoms with E-state index in [0.29, 0.717) is 0 Å². The molecular weight excluding hydrogens is 233 g/mol. The van der Waals surface area contributed by atoms with Crippen molar-refractivity contribution >= 4 is 35.1 Å². The van der Waals surface area contributed by atoms with Gasteiger partial charge >= 0.3 is 60.5 Å². The first-order valence-electron chi connectivity index (χ1n) is 2.30. The summed E-state index contributed by atoms with van der Waals surface area (Å²) in [5, 5.41) is 0. The average molecular weight is 240 g/mol. The minimum atomic E-state index is -1.12. The van der Waals surface area contributed by atoms with Crippen LogP contribution in [0.15, 0.2) is 0 Å². The van der Waals surface area contributed by atoms with Crippen molar-refractivity contribution in [3.8, 4) is 0 Å². The number of rotatable bonds is 0. The molecule has 1 atom stereocenters. The Kier molecular flexibility index (Phi) is 2.45. The molecule has 0 aromatic carbocycles. The zero-order chi connectivity index (χ0) is 5.98. The summed E-state index contributed by atoms with van der Waals surface area (Å²) in [7, 11) is 1.75. The molecule has 1 heterocycles. The predicted octanol–water partition coefficient (Wildman–Crippen LogP) is -1.40. The third-order valence-electron chi connectivity index (χ3n) is 0.885. The summed E-state index contributed by atoms with van der Waals surface area (Å²) in [6.07, 6.45) is 0. The van der Waals surface area contributed by atoms with Crippen molar-refractivity contribution in [3.63, 3.8) is 0 Å². The summed E-state index contributed by atoms with van der Waals surface area (Å²) in [6.45, 7) is 0. The molecule has 0 aliphatic carbocycles. The van der Waals surface area contributed by atoms with Crippen molar-refractivity contribution in [2.45, 2.75) is 6.04 Å². The van der Waals surface area contributed by atoms with E-state index in [9.17, 15) is 4.79 Å². The molecule has 0 saturated carbocycles. The van der Waals surface area contributed by atoms with Crippen molar-refractivity contribution in [1.29, 1.82) is 0 Å². The number of hydrogen-bond acceptors (Lipinski definition) is 4.